The minimum Gasteiger partial charge on any atom is -0.462 e. The van der Waals surface area contributed by atoms with E-state index in [-0.39, 0.29) is 0 Å². The Bertz CT molecular complexity index is 685. The summed E-state index contributed by atoms with van der Waals surface area (Å²) < 4.78 is 30.7. The summed E-state index contributed by atoms with van der Waals surface area (Å²) in [7, 11) is 0. The molecule has 0 rings (SSSR count). The van der Waals surface area contributed by atoms with Gasteiger partial charge in [-0.05, 0) is 6.92 Å². The lowest BCUT2D eigenvalue weighted by atomic mass is 9.98. The average Bonchev–Trinajstić information content (AvgIpc) is 2.58. The van der Waals surface area contributed by atoms with E-state index < -0.39 is 72.9 Å². The molecule has 31 heavy (non-hydrogen) atoms. The van der Waals surface area contributed by atoms with Crippen molar-refractivity contribution in [3.05, 3.63) is 0 Å². The van der Waals surface area contributed by atoms with Gasteiger partial charge in [-0.1, -0.05) is 0 Å². The van der Waals surface area contributed by atoms with E-state index in [0.717, 1.165) is 41.5 Å². The SMILES string of the molecule is CC(=O)OC[C@H](OC(C)=O)C(OC(C)=O)C(OC(C)=O)C(OC(C)=O)[C@H](C)OC(C)=O. The largest absolute Gasteiger partial charge is 0.462 e. The second kappa shape index (κ2) is 13.2. The molecule has 176 valence electrons. The smallest absolute Gasteiger partial charge is 0.303 e. The van der Waals surface area contributed by atoms with Crippen LogP contribution < -0.4 is 0 Å². The van der Waals surface area contributed by atoms with Gasteiger partial charge < -0.3 is 28.4 Å². The van der Waals surface area contributed by atoms with Gasteiger partial charge in [0.25, 0.3) is 0 Å². The van der Waals surface area contributed by atoms with Crippen LogP contribution in [0.5, 0.6) is 0 Å². The van der Waals surface area contributed by atoms with Crippen LogP contribution in [0, 0.1) is 0 Å². The number of esters is 6. The first kappa shape index (κ1) is 27.8. The highest BCUT2D eigenvalue weighted by molar-refractivity contribution is 5.70. The molecule has 0 aromatic rings. The van der Waals surface area contributed by atoms with Gasteiger partial charge in [0.05, 0.1) is 0 Å². The van der Waals surface area contributed by atoms with E-state index in [1.807, 2.05) is 0 Å². The normalized spacial score (nSPS) is 15.2. The Balaban J connectivity index is 6.40. The van der Waals surface area contributed by atoms with Crippen molar-refractivity contribution in [2.24, 2.45) is 0 Å². The quantitative estimate of drug-likeness (QED) is 0.313. The molecule has 0 N–H and O–H groups in total. The van der Waals surface area contributed by atoms with Crippen LogP contribution in [0.4, 0.5) is 0 Å². The van der Waals surface area contributed by atoms with Gasteiger partial charge in [-0.25, -0.2) is 0 Å². The highest BCUT2D eigenvalue weighted by Crippen LogP contribution is 2.23. The Kier molecular flexibility index (Phi) is 11.8. The molecule has 0 radical (unpaired) electrons. The Morgan fingerprint density at radius 3 is 1.29 bits per heavy atom. The summed E-state index contributed by atoms with van der Waals surface area (Å²) in [6.07, 6.45) is -7.27. The molecule has 0 saturated heterocycles. The molecule has 0 amide bonds. The molecule has 0 heterocycles. The summed E-state index contributed by atoms with van der Waals surface area (Å²) in [6.45, 7) is 7.16. The zero-order valence-corrected chi connectivity index (χ0v) is 18.5. The predicted octanol–water partition coefficient (Wildman–Crippen LogP) is 0.228. The fourth-order valence-corrected chi connectivity index (χ4v) is 2.62. The lowest BCUT2D eigenvalue weighted by molar-refractivity contribution is -0.212. The number of rotatable bonds is 11. The first-order valence-electron chi connectivity index (χ1n) is 9.24. The van der Waals surface area contributed by atoms with E-state index in [1.165, 1.54) is 6.92 Å². The molecule has 0 saturated carbocycles. The van der Waals surface area contributed by atoms with E-state index in [9.17, 15) is 28.8 Å². The fourth-order valence-electron chi connectivity index (χ4n) is 2.62. The Hall–Kier alpha value is -3.18. The van der Waals surface area contributed by atoms with Crippen LogP contribution in [0.2, 0.25) is 0 Å². The molecule has 5 atom stereocenters. The molecule has 0 aromatic carbocycles. The zero-order valence-electron chi connectivity index (χ0n) is 18.5. The summed E-state index contributed by atoms with van der Waals surface area (Å²) in [6, 6.07) is 0. The van der Waals surface area contributed by atoms with Crippen LogP contribution in [0.1, 0.15) is 48.5 Å². The van der Waals surface area contributed by atoms with Gasteiger partial charge in [-0.15, -0.1) is 0 Å². The average molecular weight is 448 g/mol. The maximum absolute atomic E-state index is 11.8. The van der Waals surface area contributed by atoms with Crippen molar-refractivity contribution in [3.8, 4) is 0 Å². The molecule has 0 aliphatic rings. The molecule has 0 fully saturated rings. The van der Waals surface area contributed by atoms with Crippen LogP contribution in [-0.2, 0) is 57.2 Å². The van der Waals surface area contributed by atoms with Crippen LogP contribution in [0.25, 0.3) is 0 Å². The van der Waals surface area contributed by atoms with Crippen molar-refractivity contribution in [1.29, 1.82) is 0 Å². The first-order chi connectivity index (χ1) is 14.2. The van der Waals surface area contributed by atoms with Crippen molar-refractivity contribution in [3.63, 3.8) is 0 Å². The Morgan fingerprint density at radius 2 is 0.903 bits per heavy atom. The van der Waals surface area contributed by atoms with Crippen molar-refractivity contribution >= 4 is 35.8 Å². The third kappa shape index (κ3) is 11.6. The third-order valence-corrected chi connectivity index (χ3v) is 3.50. The molecule has 0 spiro atoms. The van der Waals surface area contributed by atoms with E-state index >= 15 is 0 Å². The molecule has 0 aromatic heterocycles. The van der Waals surface area contributed by atoms with E-state index in [0.29, 0.717) is 0 Å². The number of carbonyl (C=O) groups excluding carboxylic acids is 6. The maximum atomic E-state index is 11.8. The summed E-state index contributed by atoms with van der Waals surface area (Å²) in [5.41, 5.74) is 0. The van der Waals surface area contributed by atoms with Crippen molar-refractivity contribution in [2.75, 3.05) is 6.61 Å². The Morgan fingerprint density at radius 1 is 0.516 bits per heavy atom. The van der Waals surface area contributed by atoms with Crippen LogP contribution in [-0.4, -0.2) is 72.9 Å². The van der Waals surface area contributed by atoms with Gasteiger partial charge in [0.1, 0.15) is 12.7 Å². The summed E-state index contributed by atoms with van der Waals surface area (Å²) in [5.74, 6) is -4.86. The molecular weight excluding hydrogens is 420 g/mol. The third-order valence-electron chi connectivity index (χ3n) is 3.50. The van der Waals surface area contributed by atoms with Gasteiger partial charge in [0.15, 0.2) is 24.4 Å². The van der Waals surface area contributed by atoms with Gasteiger partial charge in [-0.2, -0.15) is 0 Å². The van der Waals surface area contributed by atoms with Gasteiger partial charge in [0.2, 0.25) is 0 Å². The maximum Gasteiger partial charge on any atom is 0.303 e. The highest BCUT2D eigenvalue weighted by Gasteiger charge is 2.46. The summed E-state index contributed by atoms with van der Waals surface area (Å²) in [5, 5.41) is 0. The number of hydrogen-bond donors (Lipinski definition) is 0. The predicted molar refractivity (Wildman–Crippen MR) is 100 cm³/mol. The molecular formula is C19H28O12. The number of hydrogen-bond acceptors (Lipinski definition) is 12. The van der Waals surface area contributed by atoms with Gasteiger partial charge >= 0.3 is 35.8 Å². The molecule has 0 aliphatic heterocycles. The van der Waals surface area contributed by atoms with Crippen LogP contribution >= 0.6 is 0 Å². The molecule has 12 heteroatoms. The van der Waals surface area contributed by atoms with Crippen LogP contribution in [0.3, 0.4) is 0 Å². The van der Waals surface area contributed by atoms with Crippen molar-refractivity contribution in [1.82, 2.24) is 0 Å². The topological polar surface area (TPSA) is 158 Å². The molecule has 12 nitrogen and oxygen atoms in total. The highest BCUT2D eigenvalue weighted by atomic mass is 16.6. The van der Waals surface area contributed by atoms with E-state index in [1.54, 1.807) is 0 Å². The minimum absolute atomic E-state index is 0.570. The zero-order chi connectivity index (χ0) is 24.3. The van der Waals surface area contributed by atoms with E-state index in [4.69, 9.17) is 28.4 Å². The van der Waals surface area contributed by atoms with Gasteiger partial charge in [0, 0.05) is 41.5 Å². The second-order valence-electron chi connectivity index (χ2n) is 6.49. The number of ether oxygens (including phenoxy) is 6. The van der Waals surface area contributed by atoms with E-state index in [2.05, 4.69) is 0 Å². The second-order valence-corrected chi connectivity index (χ2v) is 6.49. The van der Waals surface area contributed by atoms with Gasteiger partial charge in [-0.3, -0.25) is 28.8 Å². The first-order valence-corrected chi connectivity index (χ1v) is 9.24. The number of carbonyl (C=O) groups is 6. The Labute approximate surface area is 179 Å². The summed E-state index contributed by atoms with van der Waals surface area (Å²) >= 11 is 0. The molecule has 3 unspecified atom stereocenters. The fraction of sp³-hybridized carbons (Fsp3) is 0.684. The summed E-state index contributed by atoms with van der Waals surface area (Å²) in [4.78, 5) is 69.5. The standard InChI is InChI=1S/C19H28O12/c1-9(27-11(3)21)17(29-13(5)23)19(31-15(7)25)18(30-14(6)24)16(28-12(4)22)8-26-10(2)20/h9,16-19H,8H2,1-7H3/t9-,16-,17?,18?,19?/m0/s1. The lowest BCUT2D eigenvalue weighted by Gasteiger charge is -2.37. The van der Waals surface area contributed by atoms with Crippen molar-refractivity contribution in [2.45, 2.75) is 79.0 Å². The monoisotopic (exact) mass is 448 g/mol. The molecule has 0 aliphatic carbocycles. The minimum atomic E-state index is -1.60. The van der Waals surface area contributed by atoms with Crippen molar-refractivity contribution < 1.29 is 57.2 Å². The lowest BCUT2D eigenvalue weighted by Crippen LogP contribution is -2.56. The molecule has 0 bridgehead atoms. The van der Waals surface area contributed by atoms with Crippen LogP contribution in [0.15, 0.2) is 0 Å².